The van der Waals surface area contributed by atoms with E-state index in [9.17, 15) is 14.4 Å². The molecule has 12 heteroatoms. The summed E-state index contributed by atoms with van der Waals surface area (Å²) in [4.78, 5) is 61.6. The zero-order chi connectivity index (χ0) is 38.1. The fourth-order valence-corrected chi connectivity index (χ4v) is 9.05. The van der Waals surface area contributed by atoms with Gasteiger partial charge in [-0.2, -0.15) is 0 Å². The first kappa shape index (κ1) is 36.2. The number of H-pyrrole nitrogens is 2. The topological polar surface area (TPSA) is 158 Å². The Bertz CT molecular complexity index is 2130. The predicted octanol–water partition coefficient (Wildman–Crippen LogP) is 7.02. The van der Waals surface area contributed by atoms with Crippen molar-refractivity contribution in [2.75, 3.05) is 13.7 Å². The maximum absolute atomic E-state index is 13.5. The highest BCUT2D eigenvalue weighted by Gasteiger charge is 2.52. The van der Waals surface area contributed by atoms with E-state index in [0.29, 0.717) is 24.9 Å². The number of alkyl carbamates (subject to hydrolysis) is 1. The highest BCUT2D eigenvalue weighted by atomic mass is 16.5. The molecular weight excluding hydrogens is 693 g/mol. The Balaban J connectivity index is 0.918. The molecule has 5 aromatic rings. The van der Waals surface area contributed by atoms with Gasteiger partial charge in [-0.15, -0.1) is 0 Å². The maximum Gasteiger partial charge on any atom is 0.407 e. The van der Waals surface area contributed by atoms with Crippen LogP contribution in [0, 0.1) is 23.7 Å². The second-order valence-electron chi connectivity index (χ2n) is 15.5. The Kier molecular flexibility index (Phi) is 10.2. The lowest BCUT2D eigenvalue weighted by molar-refractivity contribution is -0.135. The molecule has 12 nitrogen and oxygen atoms in total. The Morgan fingerprint density at radius 1 is 0.836 bits per heavy atom. The van der Waals surface area contributed by atoms with Gasteiger partial charge in [0, 0.05) is 31.4 Å². The molecule has 1 aliphatic heterocycles. The van der Waals surface area contributed by atoms with Gasteiger partial charge in [0.1, 0.15) is 17.7 Å². The van der Waals surface area contributed by atoms with Gasteiger partial charge in [0.15, 0.2) is 0 Å². The molecule has 3 aromatic heterocycles. The number of methoxy groups -OCH3 is 1. The molecule has 3 amide bonds. The van der Waals surface area contributed by atoms with Gasteiger partial charge in [-0.25, -0.2) is 14.8 Å². The van der Waals surface area contributed by atoms with Crippen molar-refractivity contribution in [2.45, 2.75) is 70.5 Å². The smallest absolute Gasteiger partial charge is 0.407 e. The number of nitrogens with one attached hydrogen (secondary N) is 4. The Morgan fingerprint density at radius 3 is 2.11 bits per heavy atom. The first-order valence-corrected chi connectivity index (χ1v) is 19.4. The molecule has 0 spiro atoms. The summed E-state index contributed by atoms with van der Waals surface area (Å²) >= 11 is 0. The molecule has 4 N–H and O–H groups in total. The quantitative estimate of drug-likeness (QED) is 0.113. The first-order valence-electron chi connectivity index (χ1n) is 19.4. The van der Waals surface area contributed by atoms with Crippen molar-refractivity contribution in [2.24, 2.45) is 23.7 Å². The summed E-state index contributed by atoms with van der Waals surface area (Å²) in [6, 6.07) is 19.8. The van der Waals surface area contributed by atoms with E-state index in [1.54, 1.807) is 12.4 Å². The van der Waals surface area contributed by atoms with Crippen molar-refractivity contribution in [3.8, 4) is 33.6 Å². The number of imidazole rings is 2. The average Bonchev–Trinajstić information content (AvgIpc) is 4.07. The highest BCUT2D eigenvalue weighted by Crippen LogP contribution is 2.56. The number of fused-ring (bicyclic) bond motifs is 2. The number of carbonyl (C=O) groups excluding carboxylic acids is 3. The number of nitrogens with zero attached hydrogens (tertiary/aromatic N) is 4. The van der Waals surface area contributed by atoms with E-state index < -0.39 is 12.1 Å². The number of benzene rings is 2. The van der Waals surface area contributed by atoms with Gasteiger partial charge in [-0.05, 0) is 83.7 Å². The molecule has 2 aromatic carbocycles. The summed E-state index contributed by atoms with van der Waals surface area (Å²) in [5.41, 5.74) is 7.06. The fourth-order valence-electron chi connectivity index (χ4n) is 9.05. The zero-order valence-corrected chi connectivity index (χ0v) is 31.5. The Labute approximate surface area is 320 Å². The molecule has 0 radical (unpaired) electrons. The lowest BCUT2D eigenvalue weighted by atomic mass is 9.78. The van der Waals surface area contributed by atoms with E-state index in [2.05, 4.69) is 79.1 Å². The minimum atomic E-state index is -0.676. The zero-order valence-electron chi connectivity index (χ0n) is 31.5. The summed E-state index contributed by atoms with van der Waals surface area (Å²) in [5.74, 6) is 2.42. The number of hydrogen-bond acceptors (Lipinski definition) is 7. The molecule has 6 atom stereocenters. The van der Waals surface area contributed by atoms with Crippen LogP contribution in [-0.2, 0) is 20.9 Å². The van der Waals surface area contributed by atoms with Crippen LogP contribution in [0.25, 0.3) is 33.6 Å². The summed E-state index contributed by atoms with van der Waals surface area (Å²) < 4.78 is 4.76. The van der Waals surface area contributed by atoms with Crippen LogP contribution in [0.5, 0.6) is 0 Å². The van der Waals surface area contributed by atoms with Crippen LogP contribution in [0.4, 0.5) is 4.79 Å². The number of aromatic amines is 2. The van der Waals surface area contributed by atoms with Gasteiger partial charge in [0.05, 0.1) is 42.9 Å². The molecular formula is C43H48N8O4. The molecule has 284 valence electrons. The second-order valence-corrected chi connectivity index (χ2v) is 15.5. The number of aromatic nitrogens is 5. The molecule has 3 fully saturated rings. The van der Waals surface area contributed by atoms with Crippen LogP contribution in [0.3, 0.4) is 0 Å². The third-order valence-corrected chi connectivity index (χ3v) is 11.9. The van der Waals surface area contributed by atoms with Gasteiger partial charge in [-0.3, -0.25) is 14.6 Å². The molecule has 3 aliphatic rings. The molecule has 2 bridgehead atoms. The van der Waals surface area contributed by atoms with E-state index in [4.69, 9.17) is 9.72 Å². The van der Waals surface area contributed by atoms with Crippen molar-refractivity contribution in [1.82, 2.24) is 40.5 Å². The predicted molar refractivity (Wildman–Crippen MR) is 208 cm³/mol. The number of rotatable bonds is 11. The summed E-state index contributed by atoms with van der Waals surface area (Å²) in [6.45, 7) is 4.91. The molecule has 4 heterocycles. The maximum atomic E-state index is 13.5. The lowest BCUT2D eigenvalue weighted by Crippen LogP contribution is -2.51. The minimum Gasteiger partial charge on any atom is -0.453 e. The van der Waals surface area contributed by atoms with Crippen molar-refractivity contribution >= 4 is 17.9 Å². The largest absolute Gasteiger partial charge is 0.453 e. The fraction of sp³-hybridized carbons (Fsp3) is 0.395. The van der Waals surface area contributed by atoms with E-state index >= 15 is 0 Å². The molecule has 2 aliphatic carbocycles. The van der Waals surface area contributed by atoms with Crippen LogP contribution in [0.15, 0.2) is 85.5 Å². The standard InChI is InChI=1S/C43H48N8O4/c1-25(2)38(50-43(54)55-3)42(53)51-19-5-7-35(51)39-45-23-33(48-39)29-12-8-27(9-13-29)28-10-14-30(15-11-28)34-24-46-40(49-34)36-31-16-17-32(20-31)37(36)41(52)47-22-26-6-4-18-44-21-26/h4,6,8-15,18,21,23-25,31-32,35-38H,5,7,16-17,19-20,22H2,1-3H3,(H,45,48)(H,46,49)(H,47,52)(H,50,54)/t31?,32?,35-,36?,37?,38?/m0/s1. The van der Waals surface area contributed by atoms with Crippen LogP contribution >= 0.6 is 0 Å². The number of amides is 3. The molecule has 5 unspecified atom stereocenters. The van der Waals surface area contributed by atoms with Gasteiger partial charge in [0.2, 0.25) is 11.8 Å². The van der Waals surface area contributed by atoms with E-state index in [1.807, 2.05) is 43.3 Å². The van der Waals surface area contributed by atoms with Crippen LogP contribution in [0.1, 0.15) is 75.1 Å². The minimum absolute atomic E-state index is 0.0750. The highest BCUT2D eigenvalue weighted by molar-refractivity contribution is 5.86. The van der Waals surface area contributed by atoms with Crippen LogP contribution in [0.2, 0.25) is 0 Å². The molecule has 2 saturated carbocycles. The summed E-state index contributed by atoms with van der Waals surface area (Å²) in [5, 5.41) is 5.88. The van der Waals surface area contributed by atoms with Crippen LogP contribution < -0.4 is 10.6 Å². The normalized spacial score (nSPS) is 22.2. The Hall–Kier alpha value is -5.78. The lowest BCUT2D eigenvalue weighted by Gasteiger charge is -2.30. The summed E-state index contributed by atoms with van der Waals surface area (Å²) in [7, 11) is 1.30. The number of likely N-dealkylation sites (tertiary alicyclic amines) is 1. The number of ether oxygens (including phenoxy) is 1. The van der Waals surface area contributed by atoms with Gasteiger partial charge >= 0.3 is 6.09 Å². The van der Waals surface area contributed by atoms with Crippen LogP contribution in [-0.4, -0.2) is 67.4 Å². The van der Waals surface area contributed by atoms with E-state index in [-0.39, 0.29) is 35.6 Å². The second kappa shape index (κ2) is 15.5. The number of pyridine rings is 1. The van der Waals surface area contributed by atoms with Gasteiger partial charge in [-0.1, -0.05) is 68.4 Å². The molecule has 1 saturated heterocycles. The average molecular weight is 741 g/mol. The van der Waals surface area contributed by atoms with E-state index in [0.717, 1.165) is 83.0 Å². The first-order chi connectivity index (χ1) is 26.8. The molecule has 55 heavy (non-hydrogen) atoms. The number of hydrogen-bond donors (Lipinski definition) is 4. The van der Waals surface area contributed by atoms with Gasteiger partial charge in [0.25, 0.3) is 0 Å². The Morgan fingerprint density at radius 2 is 1.47 bits per heavy atom. The third kappa shape index (κ3) is 7.37. The van der Waals surface area contributed by atoms with Crippen molar-refractivity contribution in [3.05, 3.63) is 103 Å². The van der Waals surface area contributed by atoms with Gasteiger partial charge < -0.3 is 30.2 Å². The summed E-state index contributed by atoms with van der Waals surface area (Å²) in [6.07, 6.45) is 11.6. The third-order valence-electron chi connectivity index (χ3n) is 11.9. The van der Waals surface area contributed by atoms with Crippen molar-refractivity contribution in [3.63, 3.8) is 0 Å². The SMILES string of the molecule is COC(=O)NC(C(=O)N1CCC[C@H]1c1ncc(-c2ccc(-c3ccc(-c4cnc(C5C6CCC(C6)C5C(=O)NCc5cccnc5)[nH]4)cc3)cc2)[nH]1)C(C)C. The van der Waals surface area contributed by atoms with Crippen molar-refractivity contribution in [1.29, 1.82) is 0 Å². The monoisotopic (exact) mass is 740 g/mol. The van der Waals surface area contributed by atoms with Crippen molar-refractivity contribution < 1.29 is 19.1 Å². The molecule has 8 rings (SSSR count). The van der Waals surface area contributed by atoms with E-state index in [1.165, 1.54) is 7.11 Å². The number of carbonyl (C=O) groups is 3.